The van der Waals surface area contributed by atoms with Gasteiger partial charge in [0.1, 0.15) is 18.4 Å². The second-order valence-corrected chi connectivity index (χ2v) is 10.1. The summed E-state index contributed by atoms with van der Waals surface area (Å²) in [6.07, 6.45) is 1.64. The lowest BCUT2D eigenvalue weighted by molar-refractivity contribution is -0.139. The van der Waals surface area contributed by atoms with Crippen LogP contribution in [0.5, 0.6) is 0 Å². The lowest BCUT2D eigenvalue weighted by atomic mass is 10.1. The van der Waals surface area contributed by atoms with Crippen LogP contribution >= 0.6 is 0 Å². The Morgan fingerprint density at radius 3 is 2.24 bits per heavy atom. The molecule has 0 fully saturated rings. The average Bonchev–Trinajstić information content (AvgIpc) is 2.76. The van der Waals surface area contributed by atoms with Crippen molar-refractivity contribution in [2.45, 2.75) is 52.7 Å². The summed E-state index contributed by atoms with van der Waals surface area (Å²) in [5.74, 6) is -1.72. The molecule has 0 aromatic heterocycles. The fraction of sp³-hybridized carbons (Fsp3) is 0.417. The van der Waals surface area contributed by atoms with Crippen LogP contribution in [0.15, 0.2) is 48.5 Å². The fourth-order valence-electron chi connectivity index (χ4n) is 3.27. The molecule has 2 rings (SSSR count). The summed E-state index contributed by atoms with van der Waals surface area (Å²) < 4.78 is 40.0. The van der Waals surface area contributed by atoms with Crippen LogP contribution in [0.3, 0.4) is 0 Å². The summed E-state index contributed by atoms with van der Waals surface area (Å²) in [4.78, 5) is 27.6. The molecule has 0 unspecified atom stereocenters. The maximum atomic E-state index is 14.4. The van der Waals surface area contributed by atoms with Gasteiger partial charge in [-0.05, 0) is 50.5 Å². The number of aryl methyl sites for hydroxylation is 1. The predicted molar refractivity (Wildman–Crippen MR) is 128 cm³/mol. The standard InChI is InChI=1S/C24H32FN3O4S/c1-6-18(3)26-24(30)19(4)27(15-20-12-8-7-11-17(20)2)23(29)16-28(33(5,31)32)22-14-10-9-13-21(22)25/h7-14,18-19H,6,15-16H2,1-5H3,(H,26,30)/t18-,19+/m0/s1. The Hall–Kier alpha value is -2.94. The van der Waals surface area contributed by atoms with Gasteiger partial charge in [-0.25, -0.2) is 12.8 Å². The number of halogens is 1. The van der Waals surface area contributed by atoms with Crippen molar-refractivity contribution in [2.24, 2.45) is 0 Å². The number of hydrogen-bond donors (Lipinski definition) is 1. The van der Waals surface area contributed by atoms with Crippen LogP contribution in [0.4, 0.5) is 10.1 Å². The Morgan fingerprint density at radius 1 is 1.06 bits per heavy atom. The number of carbonyl (C=O) groups is 2. The molecule has 0 bridgehead atoms. The second-order valence-electron chi connectivity index (χ2n) is 8.16. The van der Waals surface area contributed by atoms with Crippen molar-refractivity contribution in [3.8, 4) is 0 Å². The zero-order chi connectivity index (χ0) is 24.8. The highest BCUT2D eigenvalue weighted by Gasteiger charge is 2.31. The minimum Gasteiger partial charge on any atom is -0.352 e. The van der Waals surface area contributed by atoms with E-state index < -0.39 is 34.3 Å². The van der Waals surface area contributed by atoms with Gasteiger partial charge in [0.15, 0.2) is 0 Å². The molecule has 2 atom stereocenters. The molecule has 180 valence electrons. The molecule has 7 nitrogen and oxygen atoms in total. The highest BCUT2D eigenvalue weighted by molar-refractivity contribution is 7.92. The summed E-state index contributed by atoms with van der Waals surface area (Å²) in [6.45, 7) is 6.76. The van der Waals surface area contributed by atoms with Crippen LogP contribution in [-0.2, 0) is 26.2 Å². The predicted octanol–water partition coefficient (Wildman–Crippen LogP) is 3.23. The first-order valence-electron chi connectivity index (χ1n) is 10.8. The van der Waals surface area contributed by atoms with Gasteiger partial charge in [-0.3, -0.25) is 13.9 Å². The largest absolute Gasteiger partial charge is 0.352 e. The minimum absolute atomic E-state index is 0.0821. The number of rotatable bonds is 10. The van der Waals surface area contributed by atoms with E-state index in [1.54, 1.807) is 6.92 Å². The Bertz CT molecular complexity index is 1090. The number of amides is 2. The van der Waals surface area contributed by atoms with Gasteiger partial charge >= 0.3 is 0 Å². The van der Waals surface area contributed by atoms with Gasteiger partial charge in [0.2, 0.25) is 21.8 Å². The van der Waals surface area contributed by atoms with Crippen molar-refractivity contribution in [1.29, 1.82) is 0 Å². The van der Waals surface area contributed by atoms with Crippen molar-refractivity contribution in [3.63, 3.8) is 0 Å². The minimum atomic E-state index is -3.97. The average molecular weight is 478 g/mol. The summed E-state index contributed by atoms with van der Waals surface area (Å²) in [5.41, 5.74) is 1.53. The molecule has 0 spiro atoms. The third-order valence-corrected chi connectivity index (χ3v) is 6.70. The van der Waals surface area contributed by atoms with Gasteiger partial charge < -0.3 is 10.2 Å². The van der Waals surface area contributed by atoms with Gasteiger partial charge in [-0.2, -0.15) is 0 Å². The number of para-hydroxylation sites is 1. The van der Waals surface area contributed by atoms with E-state index in [1.165, 1.54) is 23.1 Å². The van der Waals surface area contributed by atoms with Gasteiger partial charge in [-0.1, -0.05) is 43.3 Å². The van der Waals surface area contributed by atoms with Crippen LogP contribution in [0, 0.1) is 12.7 Å². The van der Waals surface area contributed by atoms with Crippen molar-refractivity contribution in [2.75, 3.05) is 17.1 Å². The normalized spacial score (nSPS) is 13.2. The summed E-state index contributed by atoms with van der Waals surface area (Å²) in [7, 11) is -3.97. The first kappa shape index (κ1) is 26.3. The summed E-state index contributed by atoms with van der Waals surface area (Å²) >= 11 is 0. The Labute approximate surface area is 195 Å². The van der Waals surface area contributed by atoms with Gasteiger partial charge in [0, 0.05) is 12.6 Å². The third-order valence-electron chi connectivity index (χ3n) is 5.57. The maximum Gasteiger partial charge on any atom is 0.244 e. The van der Waals surface area contributed by atoms with Crippen molar-refractivity contribution in [1.82, 2.24) is 10.2 Å². The molecular weight excluding hydrogens is 445 g/mol. The highest BCUT2D eigenvalue weighted by atomic mass is 32.2. The van der Waals surface area contributed by atoms with E-state index in [2.05, 4.69) is 5.32 Å². The molecule has 0 heterocycles. The number of nitrogens with one attached hydrogen (secondary N) is 1. The Morgan fingerprint density at radius 2 is 1.67 bits per heavy atom. The van der Waals surface area contributed by atoms with Crippen molar-refractivity contribution in [3.05, 3.63) is 65.5 Å². The van der Waals surface area contributed by atoms with E-state index >= 15 is 0 Å². The molecular formula is C24H32FN3O4S. The molecule has 9 heteroatoms. The van der Waals surface area contributed by atoms with Crippen LogP contribution in [-0.4, -0.2) is 50.0 Å². The smallest absolute Gasteiger partial charge is 0.244 e. The zero-order valence-electron chi connectivity index (χ0n) is 19.7. The molecule has 2 aromatic rings. The van der Waals surface area contributed by atoms with Crippen molar-refractivity contribution >= 4 is 27.5 Å². The quantitative estimate of drug-likeness (QED) is 0.569. The van der Waals surface area contributed by atoms with E-state index in [0.717, 1.165) is 34.2 Å². The van der Waals surface area contributed by atoms with Gasteiger partial charge in [-0.15, -0.1) is 0 Å². The topological polar surface area (TPSA) is 86.8 Å². The van der Waals surface area contributed by atoms with E-state index in [4.69, 9.17) is 0 Å². The van der Waals surface area contributed by atoms with E-state index in [1.807, 2.05) is 45.0 Å². The highest BCUT2D eigenvalue weighted by Crippen LogP contribution is 2.22. The molecule has 2 amide bonds. The van der Waals surface area contributed by atoms with Crippen LogP contribution in [0.1, 0.15) is 38.3 Å². The lowest BCUT2D eigenvalue weighted by Crippen LogP contribution is -2.52. The monoisotopic (exact) mass is 477 g/mol. The summed E-state index contributed by atoms with van der Waals surface area (Å²) in [5, 5.41) is 2.86. The van der Waals surface area contributed by atoms with Crippen LogP contribution in [0.25, 0.3) is 0 Å². The number of nitrogens with zero attached hydrogens (tertiary/aromatic N) is 2. The molecule has 0 aliphatic heterocycles. The molecule has 0 aliphatic carbocycles. The van der Waals surface area contributed by atoms with E-state index in [0.29, 0.717) is 0 Å². The van der Waals surface area contributed by atoms with Crippen LogP contribution in [0.2, 0.25) is 0 Å². The molecule has 0 aliphatic rings. The second kappa shape index (κ2) is 11.3. The van der Waals surface area contributed by atoms with Crippen molar-refractivity contribution < 1.29 is 22.4 Å². The molecule has 1 N–H and O–H groups in total. The number of carbonyl (C=O) groups excluding carboxylic acids is 2. The Balaban J connectivity index is 2.41. The molecule has 0 saturated heterocycles. The molecule has 0 saturated carbocycles. The fourth-order valence-corrected chi connectivity index (χ4v) is 4.12. The third kappa shape index (κ3) is 7.02. The van der Waals surface area contributed by atoms with E-state index in [9.17, 15) is 22.4 Å². The lowest BCUT2D eigenvalue weighted by Gasteiger charge is -2.32. The molecule has 0 radical (unpaired) electrons. The van der Waals surface area contributed by atoms with Crippen LogP contribution < -0.4 is 9.62 Å². The number of hydrogen-bond acceptors (Lipinski definition) is 4. The first-order valence-corrected chi connectivity index (χ1v) is 12.7. The number of anilines is 1. The number of benzene rings is 2. The maximum absolute atomic E-state index is 14.4. The Kier molecular flexibility index (Phi) is 8.99. The molecule has 2 aromatic carbocycles. The first-order chi connectivity index (χ1) is 15.5. The van der Waals surface area contributed by atoms with E-state index in [-0.39, 0.29) is 24.2 Å². The number of sulfonamides is 1. The van der Waals surface area contributed by atoms with Gasteiger partial charge in [0.05, 0.1) is 11.9 Å². The zero-order valence-corrected chi connectivity index (χ0v) is 20.5. The SMILES string of the molecule is CC[C@H](C)NC(=O)[C@@H](C)N(Cc1ccccc1C)C(=O)CN(c1ccccc1F)S(C)(=O)=O. The summed E-state index contributed by atoms with van der Waals surface area (Å²) in [6, 6.07) is 11.9. The van der Waals surface area contributed by atoms with Gasteiger partial charge in [0.25, 0.3) is 0 Å². The molecule has 33 heavy (non-hydrogen) atoms.